The molecule has 0 saturated heterocycles. The molecule has 0 spiro atoms. The number of amidine groups is 1. The summed E-state index contributed by atoms with van der Waals surface area (Å²) in [6, 6.07) is 14.3. The van der Waals surface area contributed by atoms with Gasteiger partial charge in [-0.3, -0.25) is 9.79 Å². The summed E-state index contributed by atoms with van der Waals surface area (Å²) in [7, 11) is 0. The molecule has 0 unspecified atom stereocenters. The lowest BCUT2D eigenvalue weighted by atomic mass is 10.1. The highest BCUT2D eigenvalue weighted by atomic mass is 16.4. The number of carbonyl (C=O) groups excluding carboxylic acids is 1. The van der Waals surface area contributed by atoms with Crippen LogP contribution in [0.1, 0.15) is 28.4 Å². The lowest BCUT2D eigenvalue weighted by Gasteiger charge is -2.18. The number of aromatic carboxylic acids is 1. The summed E-state index contributed by atoms with van der Waals surface area (Å²) in [5, 5.41) is 11.4. The molecular weight excluding hydrogens is 342 g/mol. The van der Waals surface area contributed by atoms with Gasteiger partial charge in [0.15, 0.2) is 0 Å². The van der Waals surface area contributed by atoms with E-state index in [4.69, 9.17) is 5.11 Å². The first kappa shape index (κ1) is 20.2. The second-order valence-electron chi connectivity index (χ2n) is 6.34. The van der Waals surface area contributed by atoms with Crippen LogP contribution in [0.3, 0.4) is 0 Å². The number of nitrogens with zero attached hydrogens (tertiary/aromatic N) is 2. The van der Waals surface area contributed by atoms with Crippen molar-refractivity contribution < 1.29 is 14.7 Å². The zero-order chi connectivity index (χ0) is 19.8. The average molecular weight is 367 g/mol. The third kappa shape index (κ3) is 5.95. The summed E-state index contributed by atoms with van der Waals surface area (Å²) in [5.74, 6) is 0.0890. The van der Waals surface area contributed by atoms with Gasteiger partial charge in [-0.15, -0.1) is 0 Å². The second kappa shape index (κ2) is 9.52. The number of anilines is 1. The van der Waals surface area contributed by atoms with E-state index in [2.05, 4.69) is 10.3 Å². The Kier molecular flexibility index (Phi) is 7.11. The third-order valence-corrected chi connectivity index (χ3v) is 4.27. The van der Waals surface area contributed by atoms with Gasteiger partial charge in [-0.2, -0.15) is 0 Å². The number of amides is 1. The monoisotopic (exact) mass is 367 g/mol. The van der Waals surface area contributed by atoms with Gasteiger partial charge in [0.25, 0.3) is 0 Å². The number of para-hydroxylation sites is 1. The van der Waals surface area contributed by atoms with Gasteiger partial charge in [0.05, 0.1) is 24.5 Å². The van der Waals surface area contributed by atoms with Crippen LogP contribution in [-0.4, -0.2) is 47.4 Å². The van der Waals surface area contributed by atoms with Gasteiger partial charge in [0.1, 0.15) is 0 Å². The Morgan fingerprint density at radius 1 is 1.04 bits per heavy atom. The van der Waals surface area contributed by atoms with E-state index in [1.54, 1.807) is 30.3 Å². The molecule has 6 heteroatoms. The van der Waals surface area contributed by atoms with Crippen LogP contribution in [0, 0.1) is 13.8 Å². The lowest BCUT2D eigenvalue weighted by molar-refractivity contribution is -0.116. The van der Waals surface area contributed by atoms with Gasteiger partial charge < -0.3 is 15.3 Å². The van der Waals surface area contributed by atoms with E-state index in [1.807, 2.05) is 43.9 Å². The normalized spacial score (nSPS) is 12.7. The maximum Gasteiger partial charge on any atom is 0.335 e. The summed E-state index contributed by atoms with van der Waals surface area (Å²) < 4.78 is 0. The lowest BCUT2D eigenvalue weighted by Crippen LogP contribution is -2.34. The highest BCUT2D eigenvalue weighted by molar-refractivity contribution is 5.96. The predicted molar refractivity (Wildman–Crippen MR) is 107 cm³/mol. The Bertz CT molecular complexity index is 812. The maximum absolute atomic E-state index is 12.0. The fraction of sp³-hybridized carbons (Fsp3) is 0.286. The summed E-state index contributed by atoms with van der Waals surface area (Å²) in [6.07, 6.45) is 0. The molecule has 1 amide bonds. The molecule has 2 N–H and O–H groups in total. The van der Waals surface area contributed by atoms with Crippen LogP contribution >= 0.6 is 0 Å². The fourth-order valence-corrected chi connectivity index (χ4v) is 2.73. The van der Waals surface area contributed by atoms with Crippen molar-refractivity contribution in [2.45, 2.75) is 20.8 Å². The Hall–Kier alpha value is -3.15. The molecule has 0 fully saturated rings. The molecule has 0 atom stereocenters. The molecule has 2 aromatic carbocycles. The van der Waals surface area contributed by atoms with Gasteiger partial charge >= 0.3 is 5.97 Å². The van der Waals surface area contributed by atoms with Gasteiger partial charge in [-0.05, 0) is 44.0 Å². The number of rotatable bonds is 4. The molecule has 6 nitrogen and oxygen atoms in total. The van der Waals surface area contributed by atoms with E-state index < -0.39 is 5.97 Å². The number of nitrogens with one attached hydrogen (secondary N) is 1. The van der Waals surface area contributed by atoms with E-state index in [9.17, 15) is 9.59 Å². The standard InChI is InChI=1S/C14H19N3O.C7H6O2/c1-10-5-4-6-11(2)14(10)16-13(18)9-17-8-7-15-12(17)3;8-7(9)6-4-2-1-3-5-6/h4-6H,7-9H2,1-3H3,(H,16,18);1-5H,(H,8,9). The molecule has 1 aliphatic rings. The van der Waals surface area contributed by atoms with E-state index >= 15 is 0 Å². The topological polar surface area (TPSA) is 82.0 Å². The van der Waals surface area contributed by atoms with Crippen LogP contribution in [0.5, 0.6) is 0 Å². The van der Waals surface area contributed by atoms with Crippen molar-refractivity contribution in [3.63, 3.8) is 0 Å². The van der Waals surface area contributed by atoms with Crippen LogP contribution in [0.25, 0.3) is 0 Å². The number of hydrogen-bond donors (Lipinski definition) is 2. The zero-order valence-corrected chi connectivity index (χ0v) is 15.9. The third-order valence-electron chi connectivity index (χ3n) is 4.27. The molecule has 2 aromatic rings. The first-order chi connectivity index (χ1) is 12.9. The molecular formula is C21H25N3O3. The number of carboxylic acids is 1. The molecule has 0 radical (unpaired) electrons. The van der Waals surface area contributed by atoms with Crippen molar-refractivity contribution in [3.05, 3.63) is 65.2 Å². The van der Waals surface area contributed by atoms with E-state index in [0.717, 1.165) is 35.7 Å². The van der Waals surface area contributed by atoms with Crippen molar-refractivity contribution >= 4 is 23.4 Å². The number of hydrogen-bond acceptors (Lipinski definition) is 4. The van der Waals surface area contributed by atoms with E-state index in [0.29, 0.717) is 12.1 Å². The van der Waals surface area contributed by atoms with Gasteiger partial charge in [0.2, 0.25) is 5.91 Å². The number of aryl methyl sites for hydroxylation is 2. The highest BCUT2D eigenvalue weighted by Gasteiger charge is 2.16. The molecule has 1 heterocycles. The van der Waals surface area contributed by atoms with Gasteiger partial charge in [-0.1, -0.05) is 36.4 Å². The van der Waals surface area contributed by atoms with Crippen molar-refractivity contribution in [1.82, 2.24) is 4.90 Å². The molecule has 0 bridgehead atoms. The van der Waals surface area contributed by atoms with Gasteiger partial charge in [0, 0.05) is 12.2 Å². The summed E-state index contributed by atoms with van der Waals surface area (Å²) in [6.45, 7) is 7.97. The first-order valence-corrected chi connectivity index (χ1v) is 8.79. The van der Waals surface area contributed by atoms with Crippen molar-refractivity contribution in [1.29, 1.82) is 0 Å². The Labute approximate surface area is 159 Å². The molecule has 0 aliphatic carbocycles. The van der Waals surface area contributed by atoms with Crippen LogP contribution in [0.15, 0.2) is 53.5 Å². The quantitative estimate of drug-likeness (QED) is 0.868. The van der Waals surface area contributed by atoms with Crippen LogP contribution in [0.2, 0.25) is 0 Å². The van der Waals surface area contributed by atoms with Crippen LogP contribution in [0.4, 0.5) is 5.69 Å². The van der Waals surface area contributed by atoms with Crippen molar-refractivity contribution in [3.8, 4) is 0 Å². The SMILES string of the molecule is CC1=NCCN1CC(=O)Nc1c(C)cccc1C.O=C(O)c1ccccc1. The second-order valence-corrected chi connectivity index (χ2v) is 6.34. The minimum atomic E-state index is -0.879. The highest BCUT2D eigenvalue weighted by Crippen LogP contribution is 2.19. The average Bonchev–Trinajstić information content (AvgIpc) is 3.04. The number of benzene rings is 2. The van der Waals surface area contributed by atoms with Crippen molar-refractivity contribution in [2.75, 3.05) is 25.0 Å². The minimum absolute atomic E-state index is 0.0175. The molecule has 142 valence electrons. The Balaban J connectivity index is 0.000000244. The Morgan fingerprint density at radius 2 is 1.67 bits per heavy atom. The van der Waals surface area contributed by atoms with Gasteiger partial charge in [-0.25, -0.2) is 4.79 Å². The molecule has 3 rings (SSSR count). The minimum Gasteiger partial charge on any atom is -0.478 e. The summed E-state index contributed by atoms with van der Waals surface area (Å²) in [4.78, 5) is 28.5. The Morgan fingerprint density at radius 3 is 2.15 bits per heavy atom. The van der Waals surface area contributed by atoms with Crippen LogP contribution in [-0.2, 0) is 4.79 Å². The molecule has 0 saturated carbocycles. The fourth-order valence-electron chi connectivity index (χ4n) is 2.73. The number of carboxylic acid groups (broad SMARTS) is 1. The number of carbonyl (C=O) groups is 2. The van der Waals surface area contributed by atoms with E-state index in [-0.39, 0.29) is 5.91 Å². The zero-order valence-electron chi connectivity index (χ0n) is 15.9. The maximum atomic E-state index is 12.0. The summed E-state index contributed by atoms with van der Waals surface area (Å²) in [5.41, 5.74) is 3.44. The molecule has 1 aliphatic heterocycles. The van der Waals surface area contributed by atoms with Crippen LogP contribution < -0.4 is 5.32 Å². The van der Waals surface area contributed by atoms with E-state index in [1.165, 1.54) is 0 Å². The predicted octanol–water partition coefficient (Wildman–Crippen LogP) is 3.36. The smallest absolute Gasteiger partial charge is 0.335 e. The number of aliphatic imine (C=N–C) groups is 1. The summed E-state index contributed by atoms with van der Waals surface area (Å²) >= 11 is 0. The first-order valence-electron chi connectivity index (χ1n) is 8.79. The molecule has 27 heavy (non-hydrogen) atoms. The molecule has 0 aromatic heterocycles. The largest absolute Gasteiger partial charge is 0.478 e. The van der Waals surface area contributed by atoms with Crippen molar-refractivity contribution in [2.24, 2.45) is 4.99 Å².